The van der Waals surface area contributed by atoms with Gasteiger partial charge in [-0.25, -0.2) is 14.8 Å². The van der Waals surface area contributed by atoms with Gasteiger partial charge in [0.2, 0.25) is 0 Å². The molecule has 2 amide bonds. The number of aromatic nitrogens is 2. The lowest BCUT2D eigenvalue weighted by molar-refractivity contribution is 0.0659. The monoisotopic (exact) mass is 404 g/mol. The summed E-state index contributed by atoms with van der Waals surface area (Å²) in [5.74, 6) is 1.50. The highest BCUT2D eigenvalue weighted by Gasteiger charge is 2.24. The summed E-state index contributed by atoms with van der Waals surface area (Å²) in [6.45, 7) is 3.54. The number of urea groups is 1. The third kappa shape index (κ3) is 4.24. The van der Waals surface area contributed by atoms with Gasteiger partial charge in [-0.2, -0.15) is 0 Å². The molecule has 1 fully saturated rings. The Morgan fingerprint density at radius 1 is 1.20 bits per heavy atom. The summed E-state index contributed by atoms with van der Waals surface area (Å²) in [7, 11) is 0. The molecule has 1 N–H and O–H groups in total. The molecule has 0 radical (unpaired) electrons. The minimum Gasteiger partial charge on any atom is -0.381 e. The first kappa shape index (κ1) is 19.2. The number of hydrogen-bond acceptors (Lipinski definition) is 4. The molecule has 2 aliphatic heterocycles. The SMILES string of the molecule is O=C(NCC1=Cc2ccccc2C1)N1CCc2cnc(CC3CCOCC3)nc2C1. The molecular weight excluding hydrogens is 376 g/mol. The number of ether oxygens (including phenoxy) is 1. The van der Waals surface area contributed by atoms with Crippen LogP contribution < -0.4 is 5.32 Å². The van der Waals surface area contributed by atoms with E-state index in [1.54, 1.807) is 0 Å². The van der Waals surface area contributed by atoms with Gasteiger partial charge in [0.25, 0.3) is 0 Å². The van der Waals surface area contributed by atoms with Crippen molar-refractivity contribution in [2.75, 3.05) is 26.3 Å². The van der Waals surface area contributed by atoms with E-state index >= 15 is 0 Å². The number of fused-ring (bicyclic) bond motifs is 2. The van der Waals surface area contributed by atoms with E-state index in [0.717, 1.165) is 56.8 Å². The summed E-state index contributed by atoms with van der Waals surface area (Å²) in [6.07, 6.45) is 8.95. The van der Waals surface area contributed by atoms with Crippen LogP contribution in [0.3, 0.4) is 0 Å². The van der Waals surface area contributed by atoms with Crippen molar-refractivity contribution in [1.82, 2.24) is 20.2 Å². The number of nitrogens with one attached hydrogen (secondary N) is 1. The van der Waals surface area contributed by atoms with Gasteiger partial charge in [-0.1, -0.05) is 30.3 Å². The van der Waals surface area contributed by atoms with Crippen LogP contribution in [0.2, 0.25) is 0 Å². The average molecular weight is 405 g/mol. The Hall–Kier alpha value is -2.73. The number of nitrogens with zero attached hydrogens (tertiary/aromatic N) is 3. The molecule has 30 heavy (non-hydrogen) atoms. The Morgan fingerprint density at radius 3 is 2.93 bits per heavy atom. The maximum absolute atomic E-state index is 12.8. The van der Waals surface area contributed by atoms with Gasteiger partial charge in [-0.05, 0) is 53.9 Å². The second kappa shape index (κ2) is 8.56. The van der Waals surface area contributed by atoms with Crippen LogP contribution in [0.5, 0.6) is 0 Å². The summed E-state index contributed by atoms with van der Waals surface area (Å²) in [6, 6.07) is 8.39. The van der Waals surface area contributed by atoms with Gasteiger partial charge in [0, 0.05) is 38.9 Å². The van der Waals surface area contributed by atoms with Crippen molar-refractivity contribution in [3.63, 3.8) is 0 Å². The molecule has 3 heterocycles. The number of rotatable bonds is 4. The zero-order valence-corrected chi connectivity index (χ0v) is 17.3. The topological polar surface area (TPSA) is 67.4 Å². The van der Waals surface area contributed by atoms with Gasteiger partial charge >= 0.3 is 6.03 Å². The molecular formula is C24H28N4O2. The van der Waals surface area contributed by atoms with E-state index in [1.165, 1.54) is 22.3 Å². The van der Waals surface area contributed by atoms with Crippen molar-refractivity contribution in [1.29, 1.82) is 0 Å². The highest BCUT2D eigenvalue weighted by Crippen LogP contribution is 2.24. The lowest BCUT2D eigenvalue weighted by atomic mass is 9.96. The summed E-state index contributed by atoms with van der Waals surface area (Å²) in [5, 5.41) is 3.10. The van der Waals surface area contributed by atoms with E-state index in [0.29, 0.717) is 25.6 Å². The molecule has 156 valence electrons. The normalized spacial score (nSPS) is 18.5. The first-order chi connectivity index (χ1) is 14.7. The average Bonchev–Trinajstić information content (AvgIpc) is 3.21. The predicted octanol–water partition coefficient (Wildman–Crippen LogP) is 3.15. The Kier molecular flexibility index (Phi) is 5.49. The summed E-state index contributed by atoms with van der Waals surface area (Å²) in [5.41, 5.74) is 6.03. The van der Waals surface area contributed by atoms with E-state index in [4.69, 9.17) is 9.72 Å². The van der Waals surface area contributed by atoms with Crippen LogP contribution in [-0.4, -0.2) is 47.2 Å². The fourth-order valence-corrected chi connectivity index (χ4v) is 4.59. The quantitative estimate of drug-likeness (QED) is 0.850. The zero-order valence-electron chi connectivity index (χ0n) is 17.3. The number of hydrogen-bond donors (Lipinski definition) is 1. The lowest BCUT2D eigenvalue weighted by Gasteiger charge is -2.28. The minimum absolute atomic E-state index is 0.0119. The van der Waals surface area contributed by atoms with Crippen LogP contribution in [0.4, 0.5) is 4.79 Å². The van der Waals surface area contributed by atoms with Crippen LogP contribution in [0.25, 0.3) is 6.08 Å². The van der Waals surface area contributed by atoms with Crippen LogP contribution in [-0.2, 0) is 30.5 Å². The van der Waals surface area contributed by atoms with Gasteiger partial charge in [-0.3, -0.25) is 0 Å². The fourth-order valence-electron chi connectivity index (χ4n) is 4.59. The van der Waals surface area contributed by atoms with E-state index in [1.807, 2.05) is 11.1 Å². The largest absolute Gasteiger partial charge is 0.381 e. The van der Waals surface area contributed by atoms with Crippen molar-refractivity contribution in [3.05, 3.63) is 64.2 Å². The minimum atomic E-state index is -0.0119. The summed E-state index contributed by atoms with van der Waals surface area (Å²) >= 11 is 0. The van der Waals surface area contributed by atoms with Crippen LogP contribution in [0, 0.1) is 5.92 Å². The molecule has 1 saturated heterocycles. The Labute approximate surface area is 177 Å². The highest BCUT2D eigenvalue weighted by atomic mass is 16.5. The fraction of sp³-hybridized carbons (Fsp3) is 0.458. The van der Waals surface area contributed by atoms with Gasteiger partial charge in [-0.15, -0.1) is 0 Å². The number of carbonyl (C=O) groups is 1. The molecule has 0 spiro atoms. The number of amides is 2. The lowest BCUT2D eigenvalue weighted by Crippen LogP contribution is -2.43. The second-order valence-corrected chi connectivity index (χ2v) is 8.53. The van der Waals surface area contributed by atoms with Crippen molar-refractivity contribution in [2.24, 2.45) is 5.92 Å². The van der Waals surface area contributed by atoms with Gasteiger partial charge in [0.05, 0.1) is 12.2 Å². The van der Waals surface area contributed by atoms with E-state index in [2.05, 4.69) is 40.6 Å². The third-order valence-electron chi connectivity index (χ3n) is 6.39. The maximum atomic E-state index is 12.8. The second-order valence-electron chi connectivity index (χ2n) is 8.53. The molecule has 0 atom stereocenters. The first-order valence-electron chi connectivity index (χ1n) is 11.0. The zero-order chi connectivity index (χ0) is 20.3. The Balaban J connectivity index is 1.17. The van der Waals surface area contributed by atoms with Crippen LogP contribution >= 0.6 is 0 Å². The van der Waals surface area contributed by atoms with E-state index in [9.17, 15) is 4.79 Å². The molecule has 3 aliphatic rings. The van der Waals surface area contributed by atoms with Crippen molar-refractivity contribution in [3.8, 4) is 0 Å². The molecule has 5 rings (SSSR count). The molecule has 6 nitrogen and oxygen atoms in total. The van der Waals surface area contributed by atoms with Gasteiger partial charge < -0.3 is 15.0 Å². The Morgan fingerprint density at radius 2 is 2.07 bits per heavy atom. The van der Waals surface area contributed by atoms with E-state index < -0.39 is 0 Å². The first-order valence-corrected chi connectivity index (χ1v) is 11.0. The summed E-state index contributed by atoms with van der Waals surface area (Å²) < 4.78 is 5.45. The smallest absolute Gasteiger partial charge is 0.318 e. The molecule has 0 bridgehead atoms. The predicted molar refractivity (Wildman–Crippen MR) is 115 cm³/mol. The molecule has 0 saturated carbocycles. The van der Waals surface area contributed by atoms with Crippen LogP contribution in [0.15, 0.2) is 36.0 Å². The van der Waals surface area contributed by atoms with Crippen LogP contribution in [0.1, 0.15) is 41.1 Å². The molecule has 1 aromatic carbocycles. The van der Waals surface area contributed by atoms with Crippen molar-refractivity contribution < 1.29 is 9.53 Å². The highest BCUT2D eigenvalue weighted by molar-refractivity contribution is 5.75. The Bertz CT molecular complexity index is 965. The van der Waals surface area contributed by atoms with Crippen molar-refractivity contribution >= 4 is 12.1 Å². The van der Waals surface area contributed by atoms with E-state index in [-0.39, 0.29) is 6.03 Å². The molecule has 1 aromatic heterocycles. The summed E-state index contributed by atoms with van der Waals surface area (Å²) in [4.78, 5) is 24.0. The molecule has 1 aliphatic carbocycles. The maximum Gasteiger partial charge on any atom is 0.318 e. The molecule has 6 heteroatoms. The standard InChI is InChI=1S/C24H28N4O2/c29-24(26-14-18-11-19-3-1-2-4-20(19)12-18)28-8-5-21-15-25-23(27-22(21)16-28)13-17-6-9-30-10-7-17/h1-4,11,15,17H,5-10,12-14,16H2,(H,26,29). The number of carbonyl (C=O) groups excluding carboxylic acids is 1. The molecule has 0 unspecified atom stereocenters. The van der Waals surface area contributed by atoms with Gasteiger partial charge in [0.1, 0.15) is 5.82 Å². The third-order valence-corrected chi connectivity index (χ3v) is 6.39. The molecule has 2 aromatic rings. The number of benzene rings is 1. The van der Waals surface area contributed by atoms with Gasteiger partial charge in [0.15, 0.2) is 0 Å². The van der Waals surface area contributed by atoms with Crippen molar-refractivity contribution in [2.45, 2.75) is 38.6 Å².